The van der Waals surface area contributed by atoms with Crippen LogP contribution in [0, 0.1) is 11.3 Å². The average molecular weight is 410 g/mol. The van der Waals surface area contributed by atoms with E-state index in [9.17, 15) is 10.1 Å². The van der Waals surface area contributed by atoms with E-state index in [1.165, 1.54) is 7.11 Å². The van der Waals surface area contributed by atoms with Gasteiger partial charge in [-0.15, -0.1) is 0 Å². The van der Waals surface area contributed by atoms with Crippen LogP contribution in [0.3, 0.4) is 0 Å². The predicted molar refractivity (Wildman–Crippen MR) is 111 cm³/mol. The highest BCUT2D eigenvalue weighted by molar-refractivity contribution is 6.30. The number of ether oxygens (including phenoxy) is 1. The molecule has 0 spiro atoms. The smallest absolute Gasteiger partial charge is 0.255 e. The Labute approximate surface area is 173 Å². The van der Waals surface area contributed by atoms with Gasteiger partial charge in [-0.3, -0.25) is 4.79 Å². The number of nitrogen functional groups attached to an aromatic ring is 1. The van der Waals surface area contributed by atoms with E-state index in [4.69, 9.17) is 22.1 Å². The van der Waals surface area contributed by atoms with Crippen LogP contribution in [-0.4, -0.2) is 29.3 Å². The first-order valence-electron chi connectivity index (χ1n) is 8.99. The first-order valence-corrected chi connectivity index (χ1v) is 9.37. The monoisotopic (exact) mass is 409 g/mol. The van der Waals surface area contributed by atoms with Crippen molar-refractivity contribution in [3.8, 4) is 17.5 Å². The number of nitriles is 1. The Kier molecular flexibility index (Phi) is 6.37. The zero-order chi connectivity index (χ0) is 20.8. The molecule has 1 aromatic heterocycles. The summed E-state index contributed by atoms with van der Waals surface area (Å²) in [6, 6.07) is 16.4. The van der Waals surface area contributed by atoms with Gasteiger partial charge in [-0.25, -0.2) is 4.68 Å². The molecule has 0 aliphatic heterocycles. The van der Waals surface area contributed by atoms with Crippen LogP contribution in [0.4, 0.5) is 5.82 Å². The van der Waals surface area contributed by atoms with Gasteiger partial charge in [0.15, 0.2) is 0 Å². The predicted octanol–water partition coefficient (Wildman–Crippen LogP) is 3.35. The average Bonchev–Trinajstić information content (AvgIpc) is 3.06. The second-order valence-corrected chi connectivity index (χ2v) is 6.71. The second kappa shape index (κ2) is 9.13. The van der Waals surface area contributed by atoms with Crippen LogP contribution in [0.25, 0.3) is 5.69 Å². The van der Waals surface area contributed by atoms with E-state index in [1.807, 2.05) is 30.3 Å². The molecule has 3 aromatic rings. The second-order valence-electron chi connectivity index (χ2n) is 6.27. The standard InChI is InChI=1S/C21H20ClN5O2/c1-29-19-12-14(22)9-10-16(19)21(28)25-11-5-8-18-17(13-23)20(24)27(26-18)15-6-3-2-4-7-15/h2-4,6-7,9-10,12H,5,8,11,24H2,1H3,(H,25,28). The van der Waals surface area contributed by atoms with Crippen LogP contribution in [0.15, 0.2) is 48.5 Å². The van der Waals surface area contributed by atoms with E-state index in [-0.39, 0.29) is 5.91 Å². The highest BCUT2D eigenvalue weighted by Crippen LogP contribution is 2.23. The van der Waals surface area contributed by atoms with Crippen LogP contribution in [-0.2, 0) is 6.42 Å². The molecular weight excluding hydrogens is 390 g/mol. The highest BCUT2D eigenvalue weighted by Gasteiger charge is 2.17. The minimum atomic E-state index is -0.256. The Balaban J connectivity index is 1.64. The number of carbonyl (C=O) groups is 1. The Bertz CT molecular complexity index is 1060. The normalized spacial score (nSPS) is 10.4. The number of nitrogens with two attached hydrogens (primary N) is 1. The van der Waals surface area contributed by atoms with Crippen molar-refractivity contribution in [1.82, 2.24) is 15.1 Å². The van der Waals surface area contributed by atoms with Gasteiger partial charge in [-0.1, -0.05) is 29.8 Å². The Hall–Kier alpha value is -3.50. The van der Waals surface area contributed by atoms with Gasteiger partial charge in [-0.2, -0.15) is 10.4 Å². The number of halogens is 1. The maximum absolute atomic E-state index is 12.4. The molecular formula is C21H20ClN5O2. The van der Waals surface area contributed by atoms with Crippen molar-refractivity contribution in [2.45, 2.75) is 12.8 Å². The van der Waals surface area contributed by atoms with Gasteiger partial charge in [0.2, 0.25) is 0 Å². The number of anilines is 1. The molecule has 29 heavy (non-hydrogen) atoms. The third-order valence-corrected chi connectivity index (χ3v) is 4.63. The number of amides is 1. The van der Waals surface area contributed by atoms with E-state index >= 15 is 0 Å². The first kappa shape index (κ1) is 20.2. The quantitative estimate of drug-likeness (QED) is 0.582. The number of nitrogens with one attached hydrogen (secondary N) is 1. The van der Waals surface area contributed by atoms with Crippen molar-refractivity contribution >= 4 is 23.3 Å². The number of benzene rings is 2. The zero-order valence-corrected chi connectivity index (χ0v) is 16.6. The number of hydrogen-bond acceptors (Lipinski definition) is 5. The summed E-state index contributed by atoms with van der Waals surface area (Å²) in [5.41, 5.74) is 8.26. The van der Waals surface area contributed by atoms with Gasteiger partial charge >= 0.3 is 0 Å². The van der Waals surface area contributed by atoms with E-state index in [0.717, 1.165) is 5.69 Å². The van der Waals surface area contributed by atoms with Gasteiger partial charge in [0, 0.05) is 11.6 Å². The largest absolute Gasteiger partial charge is 0.496 e. The van der Waals surface area contributed by atoms with Crippen molar-refractivity contribution in [2.75, 3.05) is 19.4 Å². The molecule has 0 unspecified atom stereocenters. The van der Waals surface area contributed by atoms with Crippen molar-refractivity contribution in [1.29, 1.82) is 5.26 Å². The van der Waals surface area contributed by atoms with Crippen LogP contribution in [0.1, 0.15) is 28.0 Å². The molecule has 0 atom stereocenters. The van der Waals surface area contributed by atoms with Gasteiger partial charge < -0.3 is 15.8 Å². The van der Waals surface area contributed by atoms with Gasteiger partial charge in [0.25, 0.3) is 5.91 Å². The number of para-hydroxylation sites is 1. The van der Waals surface area contributed by atoms with Gasteiger partial charge in [-0.05, 0) is 43.2 Å². The fraction of sp³-hybridized carbons (Fsp3) is 0.190. The van der Waals surface area contributed by atoms with E-state index < -0.39 is 0 Å². The zero-order valence-electron chi connectivity index (χ0n) is 15.9. The third kappa shape index (κ3) is 4.50. The number of methoxy groups -OCH3 is 1. The SMILES string of the molecule is COc1cc(Cl)ccc1C(=O)NCCCc1nn(-c2ccccc2)c(N)c1C#N. The van der Waals surface area contributed by atoms with E-state index in [0.29, 0.717) is 52.8 Å². The van der Waals surface area contributed by atoms with E-state index in [2.05, 4.69) is 16.5 Å². The Morgan fingerprint density at radius 3 is 2.76 bits per heavy atom. The molecule has 0 saturated carbocycles. The number of nitrogens with zero attached hydrogens (tertiary/aromatic N) is 3. The van der Waals surface area contributed by atoms with Gasteiger partial charge in [0.1, 0.15) is 23.2 Å². The molecule has 8 heteroatoms. The molecule has 0 fully saturated rings. The molecule has 0 aliphatic carbocycles. The van der Waals surface area contributed by atoms with E-state index in [1.54, 1.807) is 22.9 Å². The van der Waals surface area contributed by atoms with Crippen LogP contribution in [0.2, 0.25) is 5.02 Å². The minimum Gasteiger partial charge on any atom is -0.496 e. The lowest BCUT2D eigenvalue weighted by Gasteiger charge is -2.09. The molecule has 0 saturated heterocycles. The minimum absolute atomic E-state index is 0.256. The molecule has 1 heterocycles. The summed E-state index contributed by atoms with van der Waals surface area (Å²) < 4.78 is 6.76. The molecule has 3 rings (SSSR count). The fourth-order valence-corrected chi connectivity index (χ4v) is 3.11. The molecule has 148 valence electrons. The number of aryl methyl sites for hydroxylation is 1. The number of hydrogen-bond donors (Lipinski definition) is 2. The first-order chi connectivity index (χ1) is 14.0. The van der Waals surface area contributed by atoms with Gasteiger partial charge in [0.05, 0.1) is 24.1 Å². The maximum atomic E-state index is 12.4. The third-order valence-electron chi connectivity index (χ3n) is 4.39. The Morgan fingerprint density at radius 1 is 1.31 bits per heavy atom. The van der Waals surface area contributed by atoms with Crippen molar-refractivity contribution < 1.29 is 9.53 Å². The van der Waals surface area contributed by atoms with Crippen LogP contribution in [0.5, 0.6) is 5.75 Å². The topological polar surface area (TPSA) is 106 Å². The number of carbonyl (C=O) groups excluding carboxylic acids is 1. The van der Waals surface area contributed by atoms with Crippen molar-refractivity contribution in [2.24, 2.45) is 0 Å². The molecule has 0 bridgehead atoms. The van der Waals surface area contributed by atoms with Crippen LogP contribution >= 0.6 is 11.6 Å². The summed E-state index contributed by atoms with van der Waals surface area (Å²) in [7, 11) is 1.49. The summed E-state index contributed by atoms with van der Waals surface area (Å²) in [4.78, 5) is 12.4. The van der Waals surface area contributed by atoms with Crippen molar-refractivity contribution in [3.05, 3.63) is 70.4 Å². The lowest BCUT2D eigenvalue weighted by atomic mass is 10.1. The number of rotatable bonds is 7. The van der Waals surface area contributed by atoms with Crippen LogP contribution < -0.4 is 15.8 Å². The lowest BCUT2D eigenvalue weighted by molar-refractivity contribution is 0.0950. The summed E-state index contributed by atoms with van der Waals surface area (Å²) in [5.74, 6) is 0.466. The molecule has 0 aliphatic rings. The lowest BCUT2D eigenvalue weighted by Crippen LogP contribution is -2.25. The summed E-state index contributed by atoms with van der Waals surface area (Å²) >= 11 is 5.93. The Morgan fingerprint density at radius 2 is 2.07 bits per heavy atom. The highest BCUT2D eigenvalue weighted by atomic mass is 35.5. The molecule has 3 N–H and O–H groups in total. The maximum Gasteiger partial charge on any atom is 0.255 e. The molecule has 0 radical (unpaired) electrons. The fourth-order valence-electron chi connectivity index (χ4n) is 2.95. The summed E-state index contributed by atoms with van der Waals surface area (Å²) in [6.07, 6.45) is 1.10. The molecule has 1 amide bonds. The van der Waals surface area contributed by atoms with Crippen molar-refractivity contribution in [3.63, 3.8) is 0 Å². The molecule has 7 nitrogen and oxygen atoms in total. The number of aromatic nitrogens is 2. The summed E-state index contributed by atoms with van der Waals surface area (Å²) in [5, 5.41) is 17.3. The molecule has 2 aromatic carbocycles. The summed E-state index contributed by atoms with van der Waals surface area (Å²) in [6.45, 7) is 0.410.